The summed E-state index contributed by atoms with van der Waals surface area (Å²) in [4.78, 5) is 38.6. The Labute approximate surface area is 206 Å². The molecule has 0 aromatic rings. The monoisotopic (exact) mass is 481 g/mol. The number of carbonyl (C=O) groups is 3. The number of hydrazine groups is 1. The van der Waals surface area contributed by atoms with Gasteiger partial charge in [0.2, 0.25) is 11.8 Å². The largest absolute Gasteiger partial charge is 0.454 e. The standard InChI is InChI=1S/C26H48N4O4/c1-3-4-5-6-7-8-9-10-11-14-25(32)34-23(20-29-17-12-13-24(29)31)21-30(2)18-15-22(16-19-30)26(33)28-27/h22-23H,3-21,27H2,1-2H3/p+1. The third kappa shape index (κ3) is 10.3. The molecule has 2 saturated heterocycles. The first-order valence-electron chi connectivity index (χ1n) is 13.7. The summed E-state index contributed by atoms with van der Waals surface area (Å²) in [5.41, 5.74) is 2.27. The van der Waals surface area contributed by atoms with E-state index in [1.165, 1.54) is 44.9 Å². The Bertz CT molecular complexity index is 634. The number of ether oxygens (including phenoxy) is 1. The number of esters is 1. The topological polar surface area (TPSA) is 102 Å². The molecular formula is C26H49N4O4+. The first-order valence-corrected chi connectivity index (χ1v) is 13.7. The predicted molar refractivity (Wildman–Crippen MR) is 133 cm³/mol. The summed E-state index contributed by atoms with van der Waals surface area (Å²) in [6.07, 6.45) is 14.0. The van der Waals surface area contributed by atoms with Crippen LogP contribution < -0.4 is 11.3 Å². The summed E-state index contributed by atoms with van der Waals surface area (Å²) in [6, 6.07) is 0. The Balaban J connectivity index is 1.77. The number of nitrogens with one attached hydrogen (secondary N) is 1. The van der Waals surface area contributed by atoms with Gasteiger partial charge in [0.25, 0.3) is 0 Å². The van der Waals surface area contributed by atoms with Crippen LogP contribution in [0.15, 0.2) is 0 Å². The Morgan fingerprint density at radius 2 is 1.71 bits per heavy atom. The van der Waals surface area contributed by atoms with Crippen molar-refractivity contribution in [2.45, 2.75) is 103 Å². The molecule has 2 amide bonds. The number of quaternary nitrogens is 1. The van der Waals surface area contributed by atoms with Crippen molar-refractivity contribution in [2.75, 3.05) is 39.8 Å². The summed E-state index contributed by atoms with van der Waals surface area (Å²) < 4.78 is 6.69. The fraction of sp³-hybridized carbons (Fsp3) is 0.885. The first kappa shape index (κ1) is 28.6. The molecule has 1 unspecified atom stereocenters. The average molecular weight is 482 g/mol. The van der Waals surface area contributed by atoms with E-state index in [1.807, 2.05) is 4.90 Å². The van der Waals surface area contributed by atoms with E-state index in [2.05, 4.69) is 19.4 Å². The molecule has 2 aliphatic rings. The molecule has 2 fully saturated rings. The number of rotatable bonds is 16. The number of amides is 2. The van der Waals surface area contributed by atoms with Crippen molar-refractivity contribution in [1.82, 2.24) is 10.3 Å². The van der Waals surface area contributed by atoms with Crippen molar-refractivity contribution in [3.8, 4) is 0 Å². The number of hydrogen-bond acceptors (Lipinski definition) is 5. The van der Waals surface area contributed by atoms with E-state index in [0.29, 0.717) is 25.9 Å². The SMILES string of the molecule is CCCCCCCCCCCC(=O)OC(CN1CCCC1=O)C[N+]1(C)CCC(C(=O)NN)CC1. The molecule has 0 radical (unpaired) electrons. The molecule has 8 nitrogen and oxygen atoms in total. The molecule has 0 bridgehead atoms. The highest BCUT2D eigenvalue weighted by atomic mass is 16.5. The molecule has 0 aromatic heterocycles. The molecule has 0 spiro atoms. The molecule has 2 rings (SSSR count). The van der Waals surface area contributed by atoms with E-state index in [9.17, 15) is 14.4 Å². The molecule has 0 aliphatic carbocycles. The van der Waals surface area contributed by atoms with E-state index < -0.39 is 0 Å². The molecule has 196 valence electrons. The summed E-state index contributed by atoms with van der Waals surface area (Å²) in [6.45, 7) is 5.79. The number of nitrogens with two attached hydrogens (primary N) is 1. The summed E-state index contributed by atoms with van der Waals surface area (Å²) in [5, 5.41) is 0. The number of carbonyl (C=O) groups excluding carboxylic acids is 3. The van der Waals surface area contributed by atoms with Gasteiger partial charge in [-0.25, -0.2) is 5.84 Å². The quantitative estimate of drug-likeness (QED) is 0.0880. The number of hydrogen-bond donors (Lipinski definition) is 2. The third-order valence-electron chi connectivity index (χ3n) is 7.57. The van der Waals surface area contributed by atoms with Crippen molar-refractivity contribution in [3.05, 3.63) is 0 Å². The normalized spacial score (nSPS) is 23.7. The van der Waals surface area contributed by atoms with Gasteiger partial charge in [-0.1, -0.05) is 58.3 Å². The van der Waals surface area contributed by atoms with Crippen molar-refractivity contribution >= 4 is 17.8 Å². The second kappa shape index (κ2) is 15.4. The van der Waals surface area contributed by atoms with Crippen LogP contribution in [0.3, 0.4) is 0 Å². The van der Waals surface area contributed by atoms with Gasteiger partial charge in [0.05, 0.1) is 26.7 Å². The van der Waals surface area contributed by atoms with Crippen molar-refractivity contribution in [2.24, 2.45) is 11.8 Å². The molecule has 34 heavy (non-hydrogen) atoms. The summed E-state index contributed by atoms with van der Waals surface area (Å²) in [7, 11) is 2.16. The summed E-state index contributed by atoms with van der Waals surface area (Å²) in [5.74, 6) is 5.16. The zero-order chi connectivity index (χ0) is 24.8. The van der Waals surface area contributed by atoms with Gasteiger partial charge in [-0.05, 0) is 12.8 Å². The molecule has 2 heterocycles. The number of unbranched alkanes of at least 4 members (excludes halogenated alkanes) is 8. The zero-order valence-corrected chi connectivity index (χ0v) is 21.7. The maximum absolute atomic E-state index is 12.6. The van der Waals surface area contributed by atoms with Crippen LogP contribution >= 0.6 is 0 Å². The maximum atomic E-state index is 12.6. The average Bonchev–Trinajstić information content (AvgIpc) is 3.21. The minimum absolute atomic E-state index is 0.0518. The van der Waals surface area contributed by atoms with Crippen molar-refractivity contribution in [1.29, 1.82) is 0 Å². The highest BCUT2D eigenvalue weighted by molar-refractivity contribution is 5.78. The Kier molecular flexibility index (Phi) is 12.9. The predicted octanol–water partition coefficient (Wildman–Crippen LogP) is 3.29. The van der Waals surface area contributed by atoms with Crippen molar-refractivity contribution < 1.29 is 23.6 Å². The van der Waals surface area contributed by atoms with Crippen LogP contribution in [0.4, 0.5) is 0 Å². The number of piperidine rings is 1. The van der Waals surface area contributed by atoms with Gasteiger partial charge in [-0.2, -0.15) is 0 Å². The van der Waals surface area contributed by atoms with Gasteiger partial charge < -0.3 is 14.1 Å². The van der Waals surface area contributed by atoms with Crippen LogP contribution in [0.1, 0.15) is 96.8 Å². The van der Waals surface area contributed by atoms with Crippen molar-refractivity contribution in [3.63, 3.8) is 0 Å². The minimum atomic E-state index is -0.307. The Hall–Kier alpha value is -1.67. The van der Waals surface area contributed by atoms with Gasteiger partial charge in [0.1, 0.15) is 6.54 Å². The summed E-state index contributed by atoms with van der Waals surface area (Å²) >= 11 is 0. The highest BCUT2D eigenvalue weighted by Gasteiger charge is 2.37. The lowest BCUT2D eigenvalue weighted by Crippen LogP contribution is -2.57. The molecule has 3 N–H and O–H groups in total. The Morgan fingerprint density at radius 3 is 2.26 bits per heavy atom. The smallest absolute Gasteiger partial charge is 0.306 e. The van der Waals surface area contributed by atoms with Crippen LogP contribution in [0.5, 0.6) is 0 Å². The second-order valence-corrected chi connectivity index (χ2v) is 10.7. The van der Waals surface area contributed by atoms with Gasteiger partial charge in [0.15, 0.2) is 6.10 Å². The van der Waals surface area contributed by atoms with Gasteiger partial charge >= 0.3 is 5.97 Å². The molecule has 8 heteroatoms. The van der Waals surface area contributed by atoms with Crippen LogP contribution in [0.25, 0.3) is 0 Å². The number of likely N-dealkylation sites (N-methyl/N-ethyl adjacent to an activating group) is 1. The lowest BCUT2D eigenvalue weighted by atomic mass is 9.94. The Morgan fingerprint density at radius 1 is 1.09 bits per heavy atom. The zero-order valence-electron chi connectivity index (χ0n) is 21.7. The lowest BCUT2D eigenvalue weighted by Gasteiger charge is -2.42. The number of nitrogens with zero attached hydrogens (tertiary/aromatic N) is 2. The van der Waals surface area contributed by atoms with Gasteiger partial charge in [-0.15, -0.1) is 0 Å². The van der Waals surface area contributed by atoms with Crippen LogP contribution in [-0.4, -0.2) is 73.0 Å². The molecular weight excluding hydrogens is 432 g/mol. The molecule has 2 aliphatic heterocycles. The van der Waals surface area contributed by atoms with Gasteiger partial charge in [-0.3, -0.25) is 19.8 Å². The van der Waals surface area contributed by atoms with E-state index in [1.54, 1.807) is 0 Å². The van der Waals surface area contributed by atoms with Crippen LogP contribution in [0, 0.1) is 5.92 Å². The van der Waals surface area contributed by atoms with E-state index in [0.717, 1.165) is 56.2 Å². The number of likely N-dealkylation sites (tertiary alicyclic amines) is 2. The third-order valence-corrected chi connectivity index (χ3v) is 7.57. The van der Waals surface area contributed by atoms with E-state index in [-0.39, 0.29) is 29.8 Å². The van der Waals surface area contributed by atoms with Crippen LogP contribution in [0.2, 0.25) is 0 Å². The molecule has 0 saturated carbocycles. The van der Waals surface area contributed by atoms with Crippen LogP contribution in [-0.2, 0) is 19.1 Å². The van der Waals surface area contributed by atoms with Gasteiger partial charge in [0, 0.05) is 38.1 Å². The molecule has 0 aromatic carbocycles. The highest BCUT2D eigenvalue weighted by Crippen LogP contribution is 2.24. The second-order valence-electron chi connectivity index (χ2n) is 10.7. The fourth-order valence-electron chi connectivity index (χ4n) is 5.35. The first-order chi connectivity index (χ1) is 16.4. The lowest BCUT2D eigenvalue weighted by molar-refractivity contribution is -0.917. The fourth-order valence-corrected chi connectivity index (χ4v) is 5.35. The minimum Gasteiger partial charge on any atom is -0.454 e. The molecule has 1 atom stereocenters. The maximum Gasteiger partial charge on any atom is 0.306 e. The van der Waals surface area contributed by atoms with E-state index in [4.69, 9.17) is 10.6 Å². The van der Waals surface area contributed by atoms with E-state index >= 15 is 0 Å².